The van der Waals surface area contributed by atoms with E-state index in [9.17, 15) is 14.9 Å². The zero-order valence-corrected chi connectivity index (χ0v) is 18.7. The van der Waals surface area contributed by atoms with E-state index in [0.29, 0.717) is 5.69 Å². The van der Waals surface area contributed by atoms with E-state index < -0.39 is 10.8 Å². The van der Waals surface area contributed by atoms with Gasteiger partial charge in [0.25, 0.3) is 11.6 Å². The van der Waals surface area contributed by atoms with Crippen LogP contribution in [0, 0.1) is 10.1 Å². The Morgan fingerprint density at radius 1 is 0.906 bits per heavy atom. The van der Waals surface area contributed by atoms with Crippen molar-refractivity contribution in [3.63, 3.8) is 0 Å². The number of carbonyl (C=O) groups is 1. The Kier molecular flexibility index (Phi) is 6.84. The standard InChI is InChI=1S/C23H27N5O3S/c29-22(17-6-11-20(21(16-17)28(30)31)27-14-4-5-15-27)25-23(32)24-18-7-9-19(10-8-18)26-12-2-1-3-13-26/h6-11,16H,1-5,12-15H2,(H2,24,25,29,32). The van der Waals surface area contributed by atoms with E-state index in [2.05, 4.69) is 15.5 Å². The van der Waals surface area contributed by atoms with Crippen LogP contribution in [0.2, 0.25) is 0 Å². The van der Waals surface area contributed by atoms with Gasteiger partial charge in [0.1, 0.15) is 5.69 Å². The molecule has 4 rings (SSSR count). The van der Waals surface area contributed by atoms with Crippen molar-refractivity contribution in [3.05, 3.63) is 58.1 Å². The molecule has 2 aromatic rings. The van der Waals surface area contributed by atoms with Crippen molar-refractivity contribution in [1.29, 1.82) is 0 Å². The summed E-state index contributed by atoms with van der Waals surface area (Å²) in [6.07, 6.45) is 5.74. The van der Waals surface area contributed by atoms with E-state index in [1.165, 1.54) is 31.0 Å². The van der Waals surface area contributed by atoms with Gasteiger partial charge in [-0.05, 0) is 80.7 Å². The van der Waals surface area contributed by atoms with Gasteiger partial charge in [0.15, 0.2) is 5.11 Å². The Hall–Kier alpha value is -3.20. The van der Waals surface area contributed by atoms with E-state index in [1.54, 1.807) is 12.1 Å². The zero-order chi connectivity index (χ0) is 22.5. The van der Waals surface area contributed by atoms with Gasteiger partial charge in [-0.25, -0.2) is 0 Å². The first-order valence-electron chi connectivity index (χ1n) is 11.0. The highest BCUT2D eigenvalue weighted by Crippen LogP contribution is 2.31. The van der Waals surface area contributed by atoms with Crippen molar-refractivity contribution >= 4 is 46.0 Å². The molecule has 2 aliphatic rings. The van der Waals surface area contributed by atoms with Crippen molar-refractivity contribution in [2.24, 2.45) is 0 Å². The minimum atomic E-state index is -0.483. The zero-order valence-electron chi connectivity index (χ0n) is 17.9. The maximum atomic E-state index is 12.6. The van der Waals surface area contributed by atoms with Gasteiger partial charge in [-0.2, -0.15) is 0 Å². The second kappa shape index (κ2) is 9.95. The van der Waals surface area contributed by atoms with Gasteiger partial charge in [0.2, 0.25) is 0 Å². The molecule has 2 N–H and O–H groups in total. The fourth-order valence-corrected chi connectivity index (χ4v) is 4.49. The number of nitrogens with zero attached hydrogens (tertiary/aromatic N) is 3. The van der Waals surface area contributed by atoms with Crippen molar-refractivity contribution < 1.29 is 9.72 Å². The summed E-state index contributed by atoms with van der Waals surface area (Å²) in [7, 11) is 0. The van der Waals surface area contributed by atoms with Crippen LogP contribution in [0.5, 0.6) is 0 Å². The minimum absolute atomic E-state index is 0.0632. The second-order valence-corrected chi connectivity index (χ2v) is 8.57. The van der Waals surface area contributed by atoms with Crippen LogP contribution in [-0.4, -0.2) is 42.1 Å². The Morgan fingerprint density at radius 2 is 1.53 bits per heavy atom. The van der Waals surface area contributed by atoms with Crippen LogP contribution in [0.1, 0.15) is 42.5 Å². The number of nitrogens with one attached hydrogen (secondary N) is 2. The van der Waals surface area contributed by atoms with Gasteiger partial charge in [0.05, 0.1) is 4.92 Å². The lowest BCUT2D eigenvalue weighted by molar-refractivity contribution is -0.384. The molecule has 0 unspecified atom stereocenters. The molecular weight excluding hydrogens is 426 g/mol. The Balaban J connectivity index is 1.38. The minimum Gasteiger partial charge on any atom is -0.372 e. The quantitative estimate of drug-likeness (QED) is 0.396. The van der Waals surface area contributed by atoms with E-state index in [0.717, 1.165) is 44.7 Å². The number of carbonyl (C=O) groups excluding carboxylic acids is 1. The van der Waals surface area contributed by atoms with Gasteiger partial charge in [-0.3, -0.25) is 20.2 Å². The smallest absolute Gasteiger partial charge is 0.293 e. The molecule has 0 spiro atoms. The number of anilines is 3. The molecule has 0 bridgehead atoms. The van der Waals surface area contributed by atoms with Crippen LogP contribution in [0.15, 0.2) is 42.5 Å². The molecule has 2 heterocycles. The van der Waals surface area contributed by atoms with Gasteiger partial charge >= 0.3 is 0 Å². The van der Waals surface area contributed by atoms with Crippen molar-refractivity contribution in [2.45, 2.75) is 32.1 Å². The molecule has 8 nitrogen and oxygen atoms in total. The number of piperidine rings is 1. The predicted molar refractivity (Wildman–Crippen MR) is 131 cm³/mol. The number of thiocarbonyl (C=S) groups is 1. The van der Waals surface area contributed by atoms with E-state index in [-0.39, 0.29) is 16.4 Å². The lowest BCUT2D eigenvalue weighted by Crippen LogP contribution is -2.34. The third-order valence-electron chi connectivity index (χ3n) is 5.95. The number of nitro benzene ring substituents is 1. The van der Waals surface area contributed by atoms with Crippen molar-refractivity contribution in [2.75, 3.05) is 41.3 Å². The Morgan fingerprint density at radius 3 is 2.19 bits per heavy atom. The number of rotatable bonds is 5. The normalized spacial score (nSPS) is 16.0. The Labute approximate surface area is 192 Å². The van der Waals surface area contributed by atoms with Crippen LogP contribution < -0.4 is 20.4 Å². The monoisotopic (exact) mass is 453 g/mol. The first-order chi connectivity index (χ1) is 15.5. The van der Waals surface area contributed by atoms with Crippen LogP contribution in [0.25, 0.3) is 0 Å². The van der Waals surface area contributed by atoms with E-state index >= 15 is 0 Å². The molecule has 2 aromatic carbocycles. The number of nitro groups is 1. The fraction of sp³-hybridized carbons (Fsp3) is 0.391. The third-order valence-corrected chi connectivity index (χ3v) is 6.16. The average molecular weight is 454 g/mol. The molecule has 0 aromatic heterocycles. The van der Waals surface area contributed by atoms with Gasteiger partial charge in [0, 0.05) is 49.2 Å². The van der Waals surface area contributed by atoms with Crippen molar-refractivity contribution in [1.82, 2.24) is 5.32 Å². The average Bonchev–Trinajstić information content (AvgIpc) is 3.34. The van der Waals surface area contributed by atoms with Crippen LogP contribution >= 0.6 is 12.2 Å². The molecule has 0 saturated carbocycles. The summed E-state index contributed by atoms with van der Waals surface area (Å²) >= 11 is 5.27. The number of amides is 1. The maximum absolute atomic E-state index is 12.6. The summed E-state index contributed by atoms with van der Waals surface area (Å²) in [6.45, 7) is 3.72. The predicted octanol–water partition coefficient (Wildman–Crippen LogP) is 4.31. The van der Waals surface area contributed by atoms with E-state index in [1.807, 2.05) is 29.2 Å². The number of hydrogen-bond acceptors (Lipinski definition) is 6. The first-order valence-corrected chi connectivity index (χ1v) is 11.4. The summed E-state index contributed by atoms with van der Waals surface area (Å²) in [4.78, 5) is 28.1. The fourth-order valence-electron chi connectivity index (χ4n) is 4.28. The summed E-state index contributed by atoms with van der Waals surface area (Å²) in [5, 5.41) is 17.3. The molecule has 0 radical (unpaired) electrons. The molecule has 9 heteroatoms. The molecule has 2 aliphatic heterocycles. The van der Waals surface area contributed by atoms with Gasteiger partial charge in [-0.1, -0.05) is 0 Å². The number of benzene rings is 2. The lowest BCUT2D eigenvalue weighted by Gasteiger charge is -2.28. The molecule has 32 heavy (non-hydrogen) atoms. The Bertz CT molecular complexity index is 999. The highest BCUT2D eigenvalue weighted by molar-refractivity contribution is 7.80. The lowest BCUT2D eigenvalue weighted by atomic mass is 10.1. The molecular formula is C23H27N5O3S. The SMILES string of the molecule is O=C(NC(=S)Nc1ccc(N2CCCCC2)cc1)c1ccc(N2CCCC2)c([N+](=O)[O-])c1. The van der Waals surface area contributed by atoms with E-state index in [4.69, 9.17) is 12.2 Å². The van der Waals surface area contributed by atoms with Gasteiger partial charge in [-0.15, -0.1) is 0 Å². The van der Waals surface area contributed by atoms with Crippen LogP contribution in [-0.2, 0) is 0 Å². The molecule has 1 amide bonds. The second-order valence-electron chi connectivity index (χ2n) is 8.16. The van der Waals surface area contributed by atoms with Crippen LogP contribution in [0.3, 0.4) is 0 Å². The number of hydrogen-bond donors (Lipinski definition) is 2. The molecule has 0 atom stereocenters. The van der Waals surface area contributed by atoms with Crippen LogP contribution in [0.4, 0.5) is 22.7 Å². The highest BCUT2D eigenvalue weighted by Gasteiger charge is 2.24. The molecule has 2 saturated heterocycles. The largest absolute Gasteiger partial charge is 0.372 e. The highest BCUT2D eigenvalue weighted by atomic mass is 32.1. The summed E-state index contributed by atoms with van der Waals surface area (Å²) < 4.78 is 0. The molecule has 0 aliphatic carbocycles. The summed E-state index contributed by atoms with van der Waals surface area (Å²) in [5.41, 5.74) is 2.64. The molecule has 2 fully saturated rings. The first kappa shape index (κ1) is 22.0. The summed E-state index contributed by atoms with van der Waals surface area (Å²) in [6, 6.07) is 12.5. The van der Waals surface area contributed by atoms with Gasteiger partial charge < -0.3 is 15.1 Å². The summed E-state index contributed by atoms with van der Waals surface area (Å²) in [5.74, 6) is -0.483. The maximum Gasteiger partial charge on any atom is 0.293 e. The van der Waals surface area contributed by atoms with Crippen molar-refractivity contribution in [3.8, 4) is 0 Å². The molecule has 168 valence electrons. The third kappa shape index (κ3) is 5.16. The topological polar surface area (TPSA) is 90.8 Å².